The number of hydrogen-bond donors (Lipinski definition) is 0. The summed E-state index contributed by atoms with van der Waals surface area (Å²) in [6, 6.07) is 6.46. The number of rotatable bonds is 2. The van der Waals surface area contributed by atoms with Crippen molar-refractivity contribution >= 4 is 34.2 Å². The van der Waals surface area contributed by atoms with Crippen molar-refractivity contribution in [3.8, 4) is 0 Å². The van der Waals surface area contributed by atoms with Gasteiger partial charge in [-0.15, -0.1) is 11.6 Å². The molecule has 1 saturated carbocycles. The molecule has 1 aromatic carbocycles. The van der Waals surface area contributed by atoms with Crippen molar-refractivity contribution in [3.63, 3.8) is 0 Å². The molecule has 0 spiro atoms. The lowest BCUT2D eigenvalue weighted by atomic mass is 9.92. The van der Waals surface area contributed by atoms with Crippen LogP contribution in [-0.4, -0.2) is 9.55 Å². The van der Waals surface area contributed by atoms with E-state index in [9.17, 15) is 0 Å². The van der Waals surface area contributed by atoms with Crippen molar-refractivity contribution in [2.75, 3.05) is 0 Å². The maximum atomic E-state index is 6.24. The van der Waals surface area contributed by atoms with Gasteiger partial charge in [0, 0.05) is 6.04 Å². The Balaban J connectivity index is 2.14. The third kappa shape index (κ3) is 2.25. The van der Waals surface area contributed by atoms with Crippen molar-refractivity contribution in [2.24, 2.45) is 5.41 Å². The monoisotopic (exact) mass is 296 g/mol. The predicted molar refractivity (Wildman–Crippen MR) is 81.0 cm³/mol. The lowest BCUT2D eigenvalue weighted by Gasteiger charge is -2.19. The minimum absolute atomic E-state index is 0.406. The van der Waals surface area contributed by atoms with Gasteiger partial charge < -0.3 is 4.57 Å². The molecule has 2 nitrogen and oxygen atoms in total. The fourth-order valence-electron chi connectivity index (χ4n) is 3.25. The molecule has 3 rings (SSSR count). The van der Waals surface area contributed by atoms with Gasteiger partial charge in [-0.2, -0.15) is 0 Å². The van der Waals surface area contributed by atoms with Crippen LogP contribution in [-0.2, 0) is 5.88 Å². The van der Waals surface area contributed by atoms with Crippen molar-refractivity contribution in [2.45, 2.75) is 45.0 Å². The van der Waals surface area contributed by atoms with Crippen LogP contribution in [0.1, 0.15) is 45.0 Å². The maximum absolute atomic E-state index is 6.24. The summed E-state index contributed by atoms with van der Waals surface area (Å²) < 4.78 is 2.31. The molecule has 0 bridgehead atoms. The highest BCUT2D eigenvalue weighted by Gasteiger charge is 2.33. The minimum Gasteiger partial charge on any atom is -0.324 e. The Morgan fingerprint density at radius 2 is 2.21 bits per heavy atom. The molecular weight excluding hydrogens is 279 g/mol. The van der Waals surface area contributed by atoms with E-state index < -0.39 is 0 Å². The van der Waals surface area contributed by atoms with Crippen molar-refractivity contribution in [1.29, 1.82) is 0 Å². The number of fused-ring (bicyclic) bond motifs is 1. The summed E-state index contributed by atoms with van der Waals surface area (Å²) in [5.41, 5.74) is 2.40. The quantitative estimate of drug-likeness (QED) is 0.698. The molecule has 1 unspecified atom stereocenters. The normalized spacial score (nSPS) is 22.2. The van der Waals surface area contributed by atoms with Gasteiger partial charge in [-0.1, -0.05) is 31.5 Å². The first-order chi connectivity index (χ1) is 9.02. The molecule has 2 aromatic rings. The van der Waals surface area contributed by atoms with Crippen LogP contribution in [0.15, 0.2) is 18.2 Å². The van der Waals surface area contributed by atoms with Crippen LogP contribution in [0.2, 0.25) is 5.02 Å². The van der Waals surface area contributed by atoms with Crippen molar-refractivity contribution in [3.05, 3.63) is 29.0 Å². The summed E-state index contributed by atoms with van der Waals surface area (Å²) in [6.07, 6.45) is 3.61. The van der Waals surface area contributed by atoms with Crippen molar-refractivity contribution in [1.82, 2.24) is 9.55 Å². The summed E-state index contributed by atoms with van der Waals surface area (Å²) in [7, 11) is 0. The van der Waals surface area contributed by atoms with E-state index in [2.05, 4.69) is 29.5 Å². The van der Waals surface area contributed by atoms with Gasteiger partial charge in [-0.3, -0.25) is 0 Å². The second-order valence-electron chi connectivity index (χ2n) is 6.20. The molecule has 0 N–H and O–H groups in total. The summed E-state index contributed by atoms with van der Waals surface area (Å²) in [6.45, 7) is 4.67. The zero-order chi connectivity index (χ0) is 13.6. The Labute approximate surface area is 123 Å². The predicted octanol–water partition coefficient (Wildman–Crippen LogP) is 5.18. The Morgan fingerprint density at radius 1 is 1.42 bits per heavy atom. The van der Waals surface area contributed by atoms with Gasteiger partial charge in [0.1, 0.15) is 11.3 Å². The van der Waals surface area contributed by atoms with Crippen molar-refractivity contribution < 1.29 is 0 Å². The zero-order valence-electron chi connectivity index (χ0n) is 11.3. The third-order valence-corrected chi connectivity index (χ3v) is 4.72. The van der Waals surface area contributed by atoms with Crippen LogP contribution in [0.3, 0.4) is 0 Å². The van der Waals surface area contributed by atoms with E-state index >= 15 is 0 Å². The van der Waals surface area contributed by atoms with E-state index in [1.165, 1.54) is 19.3 Å². The molecule has 0 radical (unpaired) electrons. The minimum atomic E-state index is 0.406. The van der Waals surface area contributed by atoms with Gasteiger partial charge >= 0.3 is 0 Å². The van der Waals surface area contributed by atoms with E-state index in [0.717, 1.165) is 16.9 Å². The van der Waals surface area contributed by atoms with Crippen LogP contribution in [0.25, 0.3) is 11.0 Å². The maximum Gasteiger partial charge on any atom is 0.125 e. The molecule has 1 heterocycles. The molecule has 1 atom stereocenters. The highest BCUT2D eigenvalue weighted by molar-refractivity contribution is 6.35. The fourth-order valence-corrected chi connectivity index (χ4v) is 3.65. The lowest BCUT2D eigenvalue weighted by Crippen LogP contribution is -2.11. The fraction of sp³-hybridized carbons (Fsp3) is 0.533. The molecule has 1 fully saturated rings. The first-order valence-corrected chi connectivity index (χ1v) is 7.64. The molecule has 102 valence electrons. The third-order valence-electron chi connectivity index (χ3n) is 4.17. The van der Waals surface area contributed by atoms with Crippen LogP contribution in [0.4, 0.5) is 0 Å². The Bertz CT molecular complexity index is 616. The average molecular weight is 297 g/mol. The highest BCUT2D eigenvalue weighted by Crippen LogP contribution is 2.45. The van der Waals surface area contributed by atoms with Gasteiger partial charge in [-0.25, -0.2) is 4.98 Å². The summed E-state index contributed by atoms with van der Waals surface area (Å²) in [5.74, 6) is 1.37. The number of alkyl halides is 1. The second kappa shape index (κ2) is 4.68. The Morgan fingerprint density at radius 3 is 2.84 bits per heavy atom. The van der Waals surface area contributed by atoms with Gasteiger partial charge in [-0.05, 0) is 36.8 Å². The second-order valence-corrected chi connectivity index (χ2v) is 6.87. The largest absolute Gasteiger partial charge is 0.324 e. The number of halogens is 2. The molecule has 0 aliphatic heterocycles. The number of nitrogens with zero attached hydrogens (tertiary/aromatic N) is 2. The number of benzene rings is 1. The number of hydrogen-bond acceptors (Lipinski definition) is 1. The first kappa shape index (κ1) is 13.3. The summed E-state index contributed by atoms with van der Waals surface area (Å²) >= 11 is 12.3. The molecule has 1 aromatic heterocycles. The molecule has 0 amide bonds. The van der Waals surface area contributed by atoms with E-state index in [4.69, 9.17) is 23.2 Å². The highest BCUT2D eigenvalue weighted by atomic mass is 35.5. The molecular formula is C15H18Cl2N2. The SMILES string of the molecule is CC1(C)CCC(n2c(CCl)nc3c(Cl)cccc32)C1. The molecule has 1 aliphatic rings. The molecule has 19 heavy (non-hydrogen) atoms. The smallest absolute Gasteiger partial charge is 0.125 e. The summed E-state index contributed by atoms with van der Waals surface area (Å²) in [5, 5.41) is 0.708. The van der Waals surface area contributed by atoms with Crippen LogP contribution < -0.4 is 0 Å². The molecule has 1 aliphatic carbocycles. The average Bonchev–Trinajstić information content (AvgIpc) is 2.90. The van der Waals surface area contributed by atoms with E-state index in [1.54, 1.807) is 0 Å². The number of para-hydroxylation sites is 1. The van der Waals surface area contributed by atoms with E-state index in [0.29, 0.717) is 22.4 Å². The van der Waals surface area contributed by atoms with Crippen LogP contribution in [0, 0.1) is 5.41 Å². The van der Waals surface area contributed by atoms with Crippen LogP contribution >= 0.6 is 23.2 Å². The standard InChI is InChI=1S/C15H18Cl2N2/c1-15(2)7-6-10(8-15)19-12-5-3-4-11(17)14(12)18-13(19)9-16/h3-5,10H,6-9H2,1-2H3. The Hall–Kier alpha value is -0.730. The zero-order valence-corrected chi connectivity index (χ0v) is 12.8. The van der Waals surface area contributed by atoms with Gasteiger partial charge in [0.05, 0.1) is 16.4 Å². The van der Waals surface area contributed by atoms with E-state index in [1.807, 2.05) is 12.1 Å². The van der Waals surface area contributed by atoms with Crippen LogP contribution in [0.5, 0.6) is 0 Å². The number of aromatic nitrogens is 2. The Kier molecular flexibility index (Phi) is 3.26. The molecule has 4 heteroatoms. The van der Waals surface area contributed by atoms with Gasteiger partial charge in [0.25, 0.3) is 0 Å². The number of imidazole rings is 1. The van der Waals surface area contributed by atoms with E-state index in [-0.39, 0.29) is 0 Å². The summed E-state index contributed by atoms with van der Waals surface area (Å²) in [4.78, 5) is 4.62. The topological polar surface area (TPSA) is 17.8 Å². The molecule has 0 saturated heterocycles. The van der Waals surface area contributed by atoms with Gasteiger partial charge in [0.15, 0.2) is 0 Å². The lowest BCUT2D eigenvalue weighted by molar-refractivity contribution is 0.359. The van der Waals surface area contributed by atoms with Gasteiger partial charge in [0.2, 0.25) is 0 Å². The first-order valence-electron chi connectivity index (χ1n) is 6.73.